The molecular weight excluding hydrogens is 263 g/mol. The van der Waals surface area contributed by atoms with Crippen molar-refractivity contribution in [2.45, 2.75) is 38.6 Å². The number of benzene rings is 1. The molecule has 1 saturated heterocycles. The lowest BCUT2D eigenvalue weighted by atomic mass is 10.0. The molecule has 0 radical (unpaired) electrons. The molecule has 2 amide bonds. The lowest BCUT2D eigenvalue weighted by Gasteiger charge is -2.35. The minimum atomic E-state index is -1.07. The van der Waals surface area contributed by atoms with Crippen LogP contribution in [0.4, 0.5) is 4.39 Å². The molecular formula is C14H15FN2O3. The Morgan fingerprint density at radius 1 is 1.40 bits per heavy atom. The number of nitrogens with zero attached hydrogens (tertiary/aromatic N) is 1. The highest BCUT2D eigenvalue weighted by Crippen LogP contribution is 2.29. The van der Waals surface area contributed by atoms with Crippen LogP contribution >= 0.6 is 0 Å². The number of aliphatic hydroxyl groups is 1. The second kappa shape index (κ2) is 4.56. The number of aryl methyl sites for hydroxylation is 1. The van der Waals surface area contributed by atoms with Crippen LogP contribution in [0.3, 0.4) is 0 Å². The van der Waals surface area contributed by atoms with E-state index in [1.54, 1.807) is 13.0 Å². The quantitative estimate of drug-likeness (QED) is 0.794. The summed E-state index contributed by atoms with van der Waals surface area (Å²) in [4.78, 5) is 25.1. The summed E-state index contributed by atoms with van der Waals surface area (Å²) >= 11 is 0. The summed E-state index contributed by atoms with van der Waals surface area (Å²) in [7, 11) is 0. The van der Waals surface area contributed by atoms with Crippen molar-refractivity contribution in [3.05, 3.63) is 34.6 Å². The number of piperidine rings is 1. The smallest absolute Gasteiger partial charge is 0.254 e. The van der Waals surface area contributed by atoms with Gasteiger partial charge in [-0.25, -0.2) is 4.39 Å². The summed E-state index contributed by atoms with van der Waals surface area (Å²) in [6, 6.07) is 2.45. The molecule has 6 heteroatoms. The van der Waals surface area contributed by atoms with Crippen LogP contribution in [0.25, 0.3) is 0 Å². The standard InChI is InChI=1S/C14H15FN2O3/c1-7-4-9-8(5-10(7)15)6-17(14(9)20)11-2-3-12(18)16-13(11)19/h4-5,11,13,19H,2-3,6H2,1H3,(H,16,18)/t11-,13?/m1/s1. The average Bonchev–Trinajstić information content (AvgIpc) is 2.68. The Morgan fingerprint density at radius 2 is 2.15 bits per heavy atom. The van der Waals surface area contributed by atoms with E-state index >= 15 is 0 Å². The van der Waals surface area contributed by atoms with Gasteiger partial charge >= 0.3 is 0 Å². The zero-order valence-electron chi connectivity index (χ0n) is 11.0. The number of carbonyl (C=O) groups excluding carboxylic acids is 2. The Kier molecular flexibility index (Phi) is 2.97. The molecule has 0 aliphatic carbocycles. The van der Waals surface area contributed by atoms with E-state index in [1.165, 1.54) is 11.0 Å². The first-order valence-corrected chi connectivity index (χ1v) is 6.55. The molecule has 1 unspecified atom stereocenters. The van der Waals surface area contributed by atoms with Gasteiger partial charge in [-0.15, -0.1) is 0 Å². The number of halogens is 1. The van der Waals surface area contributed by atoms with Crippen LogP contribution in [0.15, 0.2) is 12.1 Å². The highest BCUT2D eigenvalue weighted by Gasteiger charge is 2.39. The van der Waals surface area contributed by atoms with E-state index in [0.717, 1.165) is 0 Å². The Bertz CT molecular complexity index is 602. The lowest BCUT2D eigenvalue weighted by molar-refractivity contribution is -0.129. The van der Waals surface area contributed by atoms with Crippen molar-refractivity contribution >= 4 is 11.8 Å². The maximum Gasteiger partial charge on any atom is 0.254 e. The number of nitrogens with one attached hydrogen (secondary N) is 1. The number of aliphatic hydroxyl groups excluding tert-OH is 1. The third-order valence-corrected chi connectivity index (χ3v) is 3.96. The fourth-order valence-corrected chi connectivity index (χ4v) is 2.83. The van der Waals surface area contributed by atoms with Crippen LogP contribution in [0, 0.1) is 12.7 Å². The Balaban J connectivity index is 1.88. The highest BCUT2D eigenvalue weighted by atomic mass is 19.1. The third-order valence-electron chi connectivity index (χ3n) is 3.96. The normalized spacial score (nSPS) is 25.6. The van der Waals surface area contributed by atoms with Gasteiger partial charge in [0.1, 0.15) is 12.0 Å². The Morgan fingerprint density at radius 3 is 2.85 bits per heavy atom. The van der Waals surface area contributed by atoms with Crippen LogP contribution in [0.5, 0.6) is 0 Å². The fraction of sp³-hybridized carbons (Fsp3) is 0.429. The van der Waals surface area contributed by atoms with Crippen LogP contribution in [-0.4, -0.2) is 34.1 Å². The first-order chi connectivity index (χ1) is 9.47. The van der Waals surface area contributed by atoms with Crippen LogP contribution < -0.4 is 5.32 Å². The van der Waals surface area contributed by atoms with Gasteiger partial charge in [-0.05, 0) is 36.6 Å². The summed E-state index contributed by atoms with van der Waals surface area (Å²) < 4.78 is 13.6. The zero-order valence-corrected chi connectivity index (χ0v) is 11.0. The van der Waals surface area contributed by atoms with Crippen molar-refractivity contribution in [3.63, 3.8) is 0 Å². The van der Waals surface area contributed by atoms with Gasteiger partial charge in [0.05, 0.1) is 6.04 Å². The number of hydrogen-bond acceptors (Lipinski definition) is 3. The molecule has 5 nitrogen and oxygen atoms in total. The monoisotopic (exact) mass is 278 g/mol. The SMILES string of the molecule is Cc1cc2c(cc1F)CN([C@@H]1CCC(=O)NC1O)C2=O. The molecule has 106 valence electrons. The van der Waals surface area contributed by atoms with E-state index in [-0.39, 0.29) is 30.6 Å². The summed E-state index contributed by atoms with van der Waals surface area (Å²) in [6.07, 6.45) is -0.385. The third kappa shape index (κ3) is 1.96. The molecule has 1 fully saturated rings. The van der Waals surface area contributed by atoms with Crippen molar-refractivity contribution in [1.29, 1.82) is 0 Å². The van der Waals surface area contributed by atoms with Gasteiger partial charge in [0.2, 0.25) is 5.91 Å². The first-order valence-electron chi connectivity index (χ1n) is 6.55. The highest BCUT2D eigenvalue weighted by molar-refractivity contribution is 5.99. The van der Waals surface area contributed by atoms with Crippen molar-refractivity contribution in [3.8, 4) is 0 Å². The number of amides is 2. The molecule has 2 N–H and O–H groups in total. The summed E-state index contributed by atoms with van der Waals surface area (Å²) in [6.45, 7) is 1.88. The largest absolute Gasteiger partial charge is 0.372 e. The number of rotatable bonds is 1. The topological polar surface area (TPSA) is 69.6 Å². The number of carbonyl (C=O) groups is 2. The first kappa shape index (κ1) is 13.1. The minimum Gasteiger partial charge on any atom is -0.372 e. The molecule has 0 bridgehead atoms. The van der Waals surface area contributed by atoms with Gasteiger partial charge in [-0.1, -0.05) is 0 Å². The van der Waals surface area contributed by atoms with E-state index < -0.39 is 12.3 Å². The van der Waals surface area contributed by atoms with E-state index in [2.05, 4.69) is 5.32 Å². The van der Waals surface area contributed by atoms with Crippen LogP contribution in [-0.2, 0) is 11.3 Å². The van der Waals surface area contributed by atoms with Gasteiger partial charge in [0.25, 0.3) is 5.91 Å². The molecule has 0 aromatic heterocycles. The predicted molar refractivity (Wildman–Crippen MR) is 68.2 cm³/mol. The van der Waals surface area contributed by atoms with Crippen molar-refractivity contribution < 1.29 is 19.1 Å². The van der Waals surface area contributed by atoms with Crippen molar-refractivity contribution in [1.82, 2.24) is 10.2 Å². The molecule has 3 rings (SSSR count). The molecule has 1 aromatic rings. The number of hydrogen-bond donors (Lipinski definition) is 2. The van der Waals surface area contributed by atoms with Crippen molar-refractivity contribution in [2.24, 2.45) is 0 Å². The molecule has 2 atom stereocenters. The summed E-state index contributed by atoms with van der Waals surface area (Å²) in [5.41, 5.74) is 1.53. The van der Waals surface area contributed by atoms with Gasteiger partial charge in [-0.3, -0.25) is 9.59 Å². The van der Waals surface area contributed by atoms with Gasteiger partial charge in [0.15, 0.2) is 0 Å². The molecule has 2 aliphatic rings. The molecule has 2 aliphatic heterocycles. The number of fused-ring (bicyclic) bond motifs is 1. The summed E-state index contributed by atoms with van der Waals surface area (Å²) in [5, 5.41) is 12.3. The van der Waals surface area contributed by atoms with Gasteiger partial charge in [-0.2, -0.15) is 0 Å². The maximum atomic E-state index is 13.6. The molecule has 2 heterocycles. The van der Waals surface area contributed by atoms with E-state index in [1.807, 2.05) is 0 Å². The van der Waals surface area contributed by atoms with E-state index in [4.69, 9.17) is 0 Å². The molecule has 1 aromatic carbocycles. The molecule has 0 saturated carbocycles. The second-order valence-electron chi connectivity index (χ2n) is 5.31. The van der Waals surface area contributed by atoms with Gasteiger partial charge < -0.3 is 15.3 Å². The van der Waals surface area contributed by atoms with E-state index in [9.17, 15) is 19.1 Å². The maximum absolute atomic E-state index is 13.6. The van der Waals surface area contributed by atoms with Crippen LogP contribution in [0.2, 0.25) is 0 Å². The zero-order chi connectivity index (χ0) is 14.4. The fourth-order valence-electron chi connectivity index (χ4n) is 2.83. The van der Waals surface area contributed by atoms with Crippen LogP contribution in [0.1, 0.15) is 34.3 Å². The lowest BCUT2D eigenvalue weighted by Crippen LogP contribution is -2.55. The van der Waals surface area contributed by atoms with E-state index in [0.29, 0.717) is 23.1 Å². The molecule has 20 heavy (non-hydrogen) atoms. The summed E-state index contributed by atoms with van der Waals surface area (Å²) in [5.74, 6) is -0.779. The van der Waals surface area contributed by atoms with Gasteiger partial charge in [0, 0.05) is 18.5 Å². The average molecular weight is 278 g/mol. The molecule has 0 spiro atoms. The Hall–Kier alpha value is -1.95. The second-order valence-corrected chi connectivity index (χ2v) is 5.31. The Labute approximate surface area is 115 Å². The predicted octanol–water partition coefficient (Wildman–Crippen LogP) is 0.687. The van der Waals surface area contributed by atoms with Crippen molar-refractivity contribution in [2.75, 3.05) is 0 Å². The minimum absolute atomic E-state index is 0.219.